The van der Waals surface area contributed by atoms with Crippen molar-refractivity contribution >= 4 is 11.6 Å². The van der Waals surface area contributed by atoms with Crippen molar-refractivity contribution in [3.8, 4) is 11.5 Å². The molecule has 0 aliphatic heterocycles. The van der Waals surface area contributed by atoms with Crippen molar-refractivity contribution < 1.29 is 10.2 Å². The van der Waals surface area contributed by atoms with Gasteiger partial charge in [0.05, 0.1) is 0 Å². The molecule has 18 heavy (non-hydrogen) atoms. The first-order valence-electron chi connectivity index (χ1n) is 5.61. The Morgan fingerprint density at radius 2 is 1.61 bits per heavy atom. The third kappa shape index (κ3) is 3.39. The maximum absolute atomic E-state index is 9.36. The maximum atomic E-state index is 9.36. The lowest BCUT2D eigenvalue weighted by Gasteiger charge is -2.06. The van der Waals surface area contributed by atoms with Crippen LogP contribution in [0.25, 0.3) is 0 Å². The highest BCUT2D eigenvalue weighted by Gasteiger charge is 2.00. The number of phenolic OH excluding ortho intramolecular Hbond substituents is 2. The summed E-state index contributed by atoms with van der Waals surface area (Å²) in [6.07, 6.45) is 0. The summed E-state index contributed by atoms with van der Waals surface area (Å²) in [7, 11) is 0. The lowest BCUT2D eigenvalue weighted by atomic mass is 10.2. The van der Waals surface area contributed by atoms with E-state index in [1.165, 1.54) is 6.07 Å². The molecule has 0 bridgehead atoms. The molecule has 2 aromatic carbocycles. The Hall–Kier alpha value is -1.71. The summed E-state index contributed by atoms with van der Waals surface area (Å²) in [5, 5.41) is 22.5. The molecule has 0 amide bonds. The zero-order chi connectivity index (χ0) is 13.0. The van der Waals surface area contributed by atoms with Crippen LogP contribution in [0.4, 0.5) is 0 Å². The lowest BCUT2D eigenvalue weighted by Crippen LogP contribution is -2.12. The molecular weight excluding hydrogens is 250 g/mol. The van der Waals surface area contributed by atoms with Crippen LogP contribution in [0, 0.1) is 0 Å². The van der Waals surface area contributed by atoms with Crippen LogP contribution in [0.3, 0.4) is 0 Å². The minimum Gasteiger partial charge on any atom is -0.504 e. The van der Waals surface area contributed by atoms with Crippen molar-refractivity contribution in [2.45, 2.75) is 13.1 Å². The van der Waals surface area contributed by atoms with Gasteiger partial charge in [0, 0.05) is 18.1 Å². The zero-order valence-electron chi connectivity index (χ0n) is 9.73. The van der Waals surface area contributed by atoms with Crippen LogP contribution in [-0.4, -0.2) is 10.2 Å². The fraction of sp³-hybridized carbons (Fsp3) is 0.143. The quantitative estimate of drug-likeness (QED) is 0.743. The van der Waals surface area contributed by atoms with Gasteiger partial charge in [0.15, 0.2) is 11.5 Å². The Labute approximate surface area is 111 Å². The zero-order valence-corrected chi connectivity index (χ0v) is 10.5. The molecule has 0 spiro atoms. The van der Waals surface area contributed by atoms with E-state index in [1.807, 2.05) is 24.3 Å². The van der Waals surface area contributed by atoms with Crippen molar-refractivity contribution in [1.29, 1.82) is 0 Å². The van der Waals surface area contributed by atoms with Crippen molar-refractivity contribution in [3.63, 3.8) is 0 Å². The molecule has 0 radical (unpaired) electrons. The molecule has 0 heterocycles. The van der Waals surface area contributed by atoms with E-state index in [-0.39, 0.29) is 11.5 Å². The number of hydrogen-bond donors (Lipinski definition) is 3. The monoisotopic (exact) mass is 263 g/mol. The molecule has 4 heteroatoms. The summed E-state index contributed by atoms with van der Waals surface area (Å²) in [6, 6.07) is 12.4. The van der Waals surface area contributed by atoms with Gasteiger partial charge >= 0.3 is 0 Å². The van der Waals surface area contributed by atoms with Gasteiger partial charge < -0.3 is 15.5 Å². The number of halogens is 1. The molecule has 0 saturated carbocycles. The first-order chi connectivity index (χ1) is 8.65. The Morgan fingerprint density at radius 1 is 0.889 bits per heavy atom. The number of aromatic hydroxyl groups is 2. The molecule has 2 aromatic rings. The Kier molecular flexibility index (Phi) is 4.07. The summed E-state index contributed by atoms with van der Waals surface area (Å²) >= 11 is 5.89. The number of hydrogen-bond acceptors (Lipinski definition) is 3. The predicted octanol–water partition coefficient (Wildman–Crippen LogP) is 3.04. The Bertz CT molecular complexity index is 543. The van der Waals surface area contributed by atoms with E-state index in [9.17, 15) is 10.2 Å². The summed E-state index contributed by atoms with van der Waals surface area (Å²) in [5.41, 5.74) is 2.01. The van der Waals surface area contributed by atoms with Gasteiger partial charge in [-0.1, -0.05) is 29.8 Å². The number of nitrogens with one attached hydrogen (secondary N) is 1. The second kappa shape index (κ2) is 5.76. The van der Waals surface area contributed by atoms with E-state index in [0.717, 1.165) is 16.1 Å². The largest absolute Gasteiger partial charge is 0.504 e. The first-order valence-corrected chi connectivity index (χ1v) is 5.99. The summed E-state index contributed by atoms with van der Waals surface area (Å²) in [4.78, 5) is 0. The van der Waals surface area contributed by atoms with Crippen molar-refractivity contribution in [3.05, 3.63) is 58.6 Å². The lowest BCUT2D eigenvalue weighted by molar-refractivity contribution is 0.403. The molecule has 3 N–H and O–H groups in total. The minimum absolute atomic E-state index is 0.0999. The average molecular weight is 264 g/mol. The summed E-state index contributed by atoms with van der Waals surface area (Å²) in [5.74, 6) is -0.203. The summed E-state index contributed by atoms with van der Waals surface area (Å²) < 4.78 is 0. The molecule has 94 valence electrons. The van der Waals surface area contributed by atoms with Gasteiger partial charge in [0.25, 0.3) is 0 Å². The molecular formula is C14H14ClNO2. The van der Waals surface area contributed by atoms with Crippen LogP contribution in [0.5, 0.6) is 11.5 Å². The van der Waals surface area contributed by atoms with Crippen LogP contribution in [-0.2, 0) is 13.1 Å². The number of rotatable bonds is 4. The normalized spacial score (nSPS) is 10.5. The average Bonchev–Trinajstić information content (AvgIpc) is 2.34. The van der Waals surface area contributed by atoms with Crippen LogP contribution >= 0.6 is 11.6 Å². The highest BCUT2D eigenvalue weighted by atomic mass is 35.5. The van der Waals surface area contributed by atoms with Crippen LogP contribution in [0.15, 0.2) is 42.5 Å². The molecule has 0 atom stereocenters. The van der Waals surface area contributed by atoms with Crippen molar-refractivity contribution in [2.24, 2.45) is 0 Å². The van der Waals surface area contributed by atoms with Gasteiger partial charge in [-0.2, -0.15) is 0 Å². The van der Waals surface area contributed by atoms with Gasteiger partial charge in [0.1, 0.15) is 0 Å². The number of phenols is 2. The van der Waals surface area contributed by atoms with Crippen LogP contribution in [0.1, 0.15) is 11.1 Å². The van der Waals surface area contributed by atoms with E-state index < -0.39 is 0 Å². The second-order valence-electron chi connectivity index (χ2n) is 4.06. The maximum Gasteiger partial charge on any atom is 0.157 e. The molecule has 0 aliphatic rings. The van der Waals surface area contributed by atoms with Gasteiger partial charge in [-0.25, -0.2) is 0 Å². The van der Waals surface area contributed by atoms with Crippen LogP contribution in [0.2, 0.25) is 5.02 Å². The van der Waals surface area contributed by atoms with Gasteiger partial charge in [-0.05, 0) is 35.4 Å². The van der Waals surface area contributed by atoms with E-state index in [2.05, 4.69) is 5.32 Å². The van der Waals surface area contributed by atoms with E-state index in [1.54, 1.807) is 12.1 Å². The highest BCUT2D eigenvalue weighted by Crippen LogP contribution is 2.24. The summed E-state index contributed by atoms with van der Waals surface area (Å²) in [6.45, 7) is 1.31. The van der Waals surface area contributed by atoms with Crippen LogP contribution < -0.4 is 5.32 Å². The molecule has 2 rings (SSSR count). The molecule has 3 nitrogen and oxygen atoms in total. The third-order valence-corrected chi connectivity index (χ3v) is 2.82. The predicted molar refractivity (Wildman–Crippen MR) is 71.8 cm³/mol. The van der Waals surface area contributed by atoms with Gasteiger partial charge in [-0.15, -0.1) is 0 Å². The Balaban J connectivity index is 1.90. The fourth-order valence-electron chi connectivity index (χ4n) is 1.68. The van der Waals surface area contributed by atoms with Crippen molar-refractivity contribution in [2.75, 3.05) is 0 Å². The SMILES string of the molecule is Oc1ccc(CNCc2cccc(Cl)c2)cc1O. The van der Waals surface area contributed by atoms with Gasteiger partial charge in [0.2, 0.25) is 0 Å². The fourth-order valence-corrected chi connectivity index (χ4v) is 1.89. The number of benzene rings is 2. The second-order valence-corrected chi connectivity index (χ2v) is 4.49. The first kappa shape index (κ1) is 12.7. The third-order valence-electron chi connectivity index (χ3n) is 2.59. The topological polar surface area (TPSA) is 52.5 Å². The van der Waals surface area contributed by atoms with E-state index in [4.69, 9.17) is 11.6 Å². The Morgan fingerprint density at radius 3 is 2.28 bits per heavy atom. The highest BCUT2D eigenvalue weighted by molar-refractivity contribution is 6.30. The molecule has 0 aliphatic carbocycles. The molecule has 0 unspecified atom stereocenters. The molecule has 0 aromatic heterocycles. The minimum atomic E-state index is -0.103. The molecule has 0 saturated heterocycles. The molecule has 0 fully saturated rings. The van der Waals surface area contributed by atoms with E-state index in [0.29, 0.717) is 13.1 Å². The smallest absolute Gasteiger partial charge is 0.157 e. The van der Waals surface area contributed by atoms with Crippen molar-refractivity contribution in [1.82, 2.24) is 5.32 Å². The standard InChI is InChI=1S/C14H14ClNO2/c15-12-3-1-2-10(6-12)8-16-9-11-4-5-13(17)14(18)7-11/h1-7,16-18H,8-9H2. The van der Waals surface area contributed by atoms with E-state index >= 15 is 0 Å². The van der Waals surface area contributed by atoms with Gasteiger partial charge in [-0.3, -0.25) is 0 Å².